The molecule has 40 heavy (non-hydrogen) atoms. The first-order valence-corrected chi connectivity index (χ1v) is 13.0. The lowest BCUT2D eigenvalue weighted by atomic mass is 10.1. The average molecular weight is 543 g/mol. The molecule has 4 rings (SSSR count). The molecule has 0 spiro atoms. The molecule has 2 heterocycles. The molecule has 2 N–H and O–H groups in total. The maximum atomic E-state index is 12.3. The number of anilines is 5. The number of fused-ring (bicyclic) bond motifs is 1. The van der Waals surface area contributed by atoms with Gasteiger partial charge >= 0.3 is 0 Å². The Morgan fingerprint density at radius 3 is 2.52 bits per heavy atom. The topological polar surface area (TPSA) is 90.8 Å². The van der Waals surface area contributed by atoms with Gasteiger partial charge in [0.15, 0.2) is 0 Å². The normalized spacial score (nSPS) is 11.0. The third-order valence-corrected chi connectivity index (χ3v) is 6.72. The molecule has 10 nitrogen and oxygen atoms in total. The van der Waals surface area contributed by atoms with E-state index in [1.807, 2.05) is 60.5 Å². The van der Waals surface area contributed by atoms with Crippen molar-refractivity contribution < 1.29 is 9.53 Å². The Morgan fingerprint density at radius 1 is 1.07 bits per heavy atom. The van der Waals surface area contributed by atoms with Gasteiger partial charge in [-0.15, -0.1) is 0 Å². The molecule has 0 aliphatic carbocycles. The number of aryl methyl sites for hydroxylation is 1. The maximum absolute atomic E-state index is 12.3. The Kier molecular flexibility index (Phi) is 8.59. The summed E-state index contributed by atoms with van der Waals surface area (Å²) in [5.41, 5.74) is 6.12. The summed E-state index contributed by atoms with van der Waals surface area (Å²) in [7, 11) is 13.7. The van der Waals surface area contributed by atoms with Gasteiger partial charge in [-0.1, -0.05) is 12.6 Å². The molecule has 0 unspecified atom stereocenters. The standard InChI is InChI=1S/C30H38N8O2/c1-9-29(39)32-24-17-25(28(40-8)18-27(24)37(6)15-14-35(2)3)34-30-31-13-12-23(33-30)22-19-38(7)26-16-20(36(4)5)10-11-21(22)26/h9-13,16-19H,1,14-15H2,2-8H3,(H,32,39)(H,31,33,34). The van der Waals surface area contributed by atoms with E-state index >= 15 is 0 Å². The molecule has 0 fully saturated rings. The Balaban J connectivity index is 1.71. The van der Waals surface area contributed by atoms with E-state index in [-0.39, 0.29) is 5.91 Å². The van der Waals surface area contributed by atoms with Crippen LogP contribution in [0.1, 0.15) is 0 Å². The zero-order valence-corrected chi connectivity index (χ0v) is 24.3. The van der Waals surface area contributed by atoms with Crippen LogP contribution in [0.25, 0.3) is 22.2 Å². The number of ether oxygens (including phenoxy) is 1. The quantitative estimate of drug-likeness (QED) is 0.266. The molecule has 2 aromatic carbocycles. The van der Waals surface area contributed by atoms with Gasteiger partial charge in [-0.05, 0) is 44.4 Å². The summed E-state index contributed by atoms with van der Waals surface area (Å²) in [6, 6.07) is 12.0. The molecule has 0 saturated carbocycles. The molecule has 2 aromatic heterocycles. The van der Waals surface area contributed by atoms with Crippen molar-refractivity contribution >= 4 is 45.5 Å². The van der Waals surface area contributed by atoms with E-state index in [4.69, 9.17) is 9.72 Å². The Labute approximate surface area is 235 Å². The fourth-order valence-electron chi connectivity index (χ4n) is 4.45. The van der Waals surface area contributed by atoms with Gasteiger partial charge in [0.1, 0.15) is 5.75 Å². The van der Waals surface area contributed by atoms with Crippen molar-refractivity contribution in [2.75, 3.05) is 75.9 Å². The van der Waals surface area contributed by atoms with Crippen LogP contribution in [0, 0.1) is 0 Å². The largest absolute Gasteiger partial charge is 0.494 e. The summed E-state index contributed by atoms with van der Waals surface area (Å²) in [5.74, 6) is 0.705. The minimum Gasteiger partial charge on any atom is -0.494 e. The van der Waals surface area contributed by atoms with Crippen molar-refractivity contribution in [1.29, 1.82) is 0 Å². The highest BCUT2D eigenvalue weighted by Gasteiger charge is 2.17. The summed E-state index contributed by atoms with van der Waals surface area (Å²) in [6.45, 7) is 5.20. The summed E-state index contributed by atoms with van der Waals surface area (Å²) in [4.78, 5) is 27.8. The lowest BCUT2D eigenvalue weighted by molar-refractivity contribution is -0.111. The summed E-state index contributed by atoms with van der Waals surface area (Å²) >= 11 is 0. The number of rotatable bonds is 11. The number of hydrogen-bond donors (Lipinski definition) is 2. The molecule has 4 aromatic rings. The van der Waals surface area contributed by atoms with E-state index in [1.54, 1.807) is 13.3 Å². The second-order valence-electron chi connectivity index (χ2n) is 10.1. The fourth-order valence-corrected chi connectivity index (χ4v) is 4.45. The molecular formula is C30H38N8O2. The van der Waals surface area contributed by atoms with Gasteiger partial charge in [0.2, 0.25) is 11.9 Å². The average Bonchev–Trinajstić information content (AvgIpc) is 3.27. The van der Waals surface area contributed by atoms with Gasteiger partial charge in [-0.3, -0.25) is 4.79 Å². The number of likely N-dealkylation sites (N-methyl/N-ethyl adjacent to an activating group) is 2. The van der Waals surface area contributed by atoms with Crippen LogP contribution in [0.2, 0.25) is 0 Å². The van der Waals surface area contributed by atoms with Crippen molar-refractivity contribution in [2.24, 2.45) is 7.05 Å². The molecular weight excluding hydrogens is 504 g/mol. The summed E-state index contributed by atoms with van der Waals surface area (Å²) < 4.78 is 7.84. The molecule has 1 amide bonds. The van der Waals surface area contributed by atoms with E-state index in [0.717, 1.165) is 46.6 Å². The highest BCUT2D eigenvalue weighted by Crippen LogP contribution is 2.38. The number of amides is 1. The van der Waals surface area contributed by atoms with Crippen molar-refractivity contribution in [3.8, 4) is 17.0 Å². The van der Waals surface area contributed by atoms with Crippen LogP contribution in [-0.4, -0.2) is 80.8 Å². The fraction of sp³-hybridized carbons (Fsp3) is 0.300. The number of nitrogens with one attached hydrogen (secondary N) is 2. The van der Waals surface area contributed by atoms with Crippen LogP contribution in [0.3, 0.4) is 0 Å². The molecule has 0 aliphatic heterocycles. The molecule has 0 saturated heterocycles. The molecule has 0 radical (unpaired) electrons. The minimum absolute atomic E-state index is 0.301. The van der Waals surface area contributed by atoms with Crippen LogP contribution in [0.4, 0.5) is 28.7 Å². The van der Waals surface area contributed by atoms with Crippen LogP contribution >= 0.6 is 0 Å². The molecule has 0 atom stereocenters. The van der Waals surface area contributed by atoms with E-state index in [2.05, 4.69) is 65.9 Å². The smallest absolute Gasteiger partial charge is 0.247 e. The highest BCUT2D eigenvalue weighted by atomic mass is 16.5. The van der Waals surface area contributed by atoms with Crippen LogP contribution < -0.4 is 25.2 Å². The predicted octanol–water partition coefficient (Wildman–Crippen LogP) is 4.58. The van der Waals surface area contributed by atoms with Crippen molar-refractivity contribution in [3.63, 3.8) is 0 Å². The lowest BCUT2D eigenvalue weighted by Crippen LogP contribution is -2.29. The van der Waals surface area contributed by atoms with Gasteiger partial charge in [-0.25, -0.2) is 9.97 Å². The number of carbonyl (C=O) groups is 1. The second kappa shape index (κ2) is 12.1. The van der Waals surface area contributed by atoms with Gasteiger partial charge in [0.05, 0.1) is 35.4 Å². The number of benzene rings is 2. The molecule has 10 heteroatoms. The number of carbonyl (C=O) groups excluding carboxylic acids is 1. The van der Waals surface area contributed by atoms with Crippen LogP contribution in [0.5, 0.6) is 5.75 Å². The zero-order chi connectivity index (χ0) is 29.0. The predicted molar refractivity (Wildman–Crippen MR) is 165 cm³/mol. The van der Waals surface area contributed by atoms with E-state index in [9.17, 15) is 4.79 Å². The Morgan fingerprint density at radius 2 is 1.85 bits per heavy atom. The summed E-state index contributed by atoms with van der Waals surface area (Å²) in [6.07, 6.45) is 5.06. The SMILES string of the molecule is C=CC(=O)Nc1cc(Nc2nccc(-c3cn(C)c4cc(N(C)C)ccc34)n2)c(OC)cc1N(C)CCN(C)C. The Hall–Kier alpha value is -4.57. The molecule has 0 aliphatic rings. The first-order valence-electron chi connectivity index (χ1n) is 13.0. The third kappa shape index (κ3) is 6.18. The monoisotopic (exact) mass is 542 g/mol. The first-order chi connectivity index (χ1) is 19.1. The van der Waals surface area contributed by atoms with Gasteiger partial charge < -0.3 is 34.6 Å². The zero-order valence-electron chi connectivity index (χ0n) is 24.3. The van der Waals surface area contributed by atoms with E-state index < -0.39 is 0 Å². The minimum atomic E-state index is -0.301. The number of hydrogen-bond acceptors (Lipinski definition) is 8. The number of nitrogens with zero attached hydrogens (tertiary/aromatic N) is 6. The van der Waals surface area contributed by atoms with Crippen molar-refractivity contribution in [2.45, 2.75) is 0 Å². The van der Waals surface area contributed by atoms with Crippen molar-refractivity contribution in [3.05, 3.63) is 61.4 Å². The maximum Gasteiger partial charge on any atom is 0.247 e. The van der Waals surface area contributed by atoms with Crippen molar-refractivity contribution in [1.82, 2.24) is 19.4 Å². The molecule has 210 valence electrons. The number of methoxy groups -OCH3 is 1. The van der Waals surface area contributed by atoms with Gasteiger partial charge in [0.25, 0.3) is 0 Å². The highest BCUT2D eigenvalue weighted by molar-refractivity contribution is 6.02. The Bertz CT molecular complexity index is 1530. The number of aromatic nitrogens is 3. The van der Waals surface area contributed by atoms with Crippen LogP contribution in [-0.2, 0) is 11.8 Å². The van der Waals surface area contributed by atoms with Crippen LogP contribution in [0.15, 0.2) is 61.4 Å². The lowest BCUT2D eigenvalue weighted by Gasteiger charge is -2.26. The summed E-state index contributed by atoms with van der Waals surface area (Å²) in [5, 5.41) is 7.33. The molecule has 0 bridgehead atoms. The third-order valence-electron chi connectivity index (χ3n) is 6.72. The first kappa shape index (κ1) is 28.4. The van der Waals surface area contributed by atoms with E-state index in [1.165, 1.54) is 6.08 Å². The van der Waals surface area contributed by atoms with E-state index in [0.29, 0.717) is 23.1 Å². The van der Waals surface area contributed by atoms with Gasteiger partial charge in [0, 0.05) is 76.4 Å². The van der Waals surface area contributed by atoms with Gasteiger partial charge in [-0.2, -0.15) is 0 Å². The second-order valence-corrected chi connectivity index (χ2v) is 10.1.